The van der Waals surface area contributed by atoms with Gasteiger partial charge in [0.1, 0.15) is 11.8 Å². The second-order valence-electron chi connectivity index (χ2n) is 16.3. The molecule has 6 fully saturated rings. The first-order chi connectivity index (χ1) is 27.2. The van der Waals surface area contributed by atoms with Crippen molar-refractivity contribution in [3.63, 3.8) is 0 Å². The molecule has 10 rings (SSSR count). The van der Waals surface area contributed by atoms with Gasteiger partial charge in [-0.3, -0.25) is 24.5 Å². The molecule has 0 spiro atoms. The van der Waals surface area contributed by atoms with Crippen LogP contribution in [0.2, 0.25) is 5.02 Å². The molecular formula is C41H45ClN10O4. The molecule has 2 bridgehead atoms. The smallest absolute Gasteiger partial charge is 0.328 e. The van der Waals surface area contributed by atoms with Crippen molar-refractivity contribution in [2.75, 3.05) is 49.1 Å². The highest BCUT2D eigenvalue weighted by Crippen LogP contribution is 2.52. The van der Waals surface area contributed by atoms with Crippen molar-refractivity contribution in [3.8, 4) is 11.8 Å². The summed E-state index contributed by atoms with van der Waals surface area (Å²) in [5.74, 6) is 1.68. The van der Waals surface area contributed by atoms with Crippen LogP contribution in [0, 0.1) is 22.7 Å². The minimum atomic E-state index is -0.383. The van der Waals surface area contributed by atoms with Crippen molar-refractivity contribution in [1.29, 1.82) is 5.26 Å². The third kappa shape index (κ3) is 7.25. The third-order valence-electron chi connectivity index (χ3n) is 12.5. The minimum absolute atomic E-state index is 0.0300. The number of imide groups is 1. The maximum absolute atomic E-state index is 13.1. The van der Waals surface area contributed by atoms with Gasteiger partial charge in [0, 0.05) is 68.6 Å². The number of rotatable bonds is 9. The SMILES string of the molecule is N#Cc1ccc(OC2CCC(NC(=O)c3ccc(N4CC5CC(CN6CCC(n7ncc8c(N9CCC(=O)NC9=O)cccc87)CC6)(C5)C4)nn3)CC2)cc1Cl. The first kappa shape index (κ1) is 36.4. The van der Waals surface area contributed by atoms with Crippen LogP contribution in [0.25, 0.3) is 10.9 Å². The van der Waals surface area contributed by atoms with Gasteiger partial charge in [-0.05, 0) is 93.7 Å². The van der Waals surface area contributed by atoms with Crippen LogP contribution in [0.5, 0.6) is 5.75 Å². The molecule has 6 heterocycles. The zero-order valence-electron chi connectivity index (χ0n) is 31.2. The van der Waals surface area contributed by atoms with Gasteiger partial charge >= 0.3 is 6.03 Å². The Labute approximate surface area is 330 Å². The monoisotopic (exact) mass is 776 g/mol. The molecule has 4 aliphatic heterocycles. The molecule has 14 nitrogen and oxygen atoms in total. The van der Waals surface area contributed by atoms with E-state index in [9.17, 15) is 14.4 Å². The number of nitrogens with zero attached hydrogens (tertiary/aromatic N) is 8. The molecule has 2 saturated carbocycles. The lowest BCUT2D eigenvalue weighted by molar-refractivity contribution is -0.120. The van der Waals surface area contributed by atoms with Crippen molar-refractivity contribution in [2.24, 2.45) is 11.3 Å². The Balaban J connectivity index is 0.753. The number of likely N-dealkylation sites (tertiary alicyclic amines) is 1. The van der Waals surface area contributed by atoms with Crippen LogP contribution in [-0.4, -0.2) is 94.1 Å². The van der Waals surface area contributed by atoms with E-state index in [1.54, 1.807) is 29.2 Å². The molecule has 2 aromatic heterocycles. The number of hydrogen-bond donors (Lipinski definition) is 2. The van der Waals surface area contributed by atoms with Gasteiger partial charge in [0.2, 0.25) is 5.91 Å². The number of anilines is 2. The van der Waals surface area contributed by atoms with Gasteiger partial charge < -0.3 is 19.9 Å². The van der Waals surface area contributed by atoms with Crippen LogP contribution < -0.4 is 25.2 Å². The second-order valence-corrected chi connectivity index (χ2v) is 16.7. The highest BCUT2D eigenvalue weighted by Gasteiger charge is 2.51. The van der Waals surface area contributed by atoms with E-state index in [0.29, 0.717) is 34.5 Å². The van der Waals surface area contributed by atoms with E-state index in [-0.39, 0.29) is 47.9 Å². The largest absolute Gasteiger partial charge is 0.490 e. The van der Waals surface area contributed by atoms with Crippen LogP contribution >= 0.6 is 11.6 Å². The number of halogens is 1. The van der Waals surface area contributed by atoms with Crippen LogP contribution in [0.15, 0.2) is 54.7 Å². The van der Waals surface area contributed by atoms with E-state index in [1.165, 1.54) is 12.8 Å². The van der Waals surface area contributed by atoms with Crippen molar-refractivity contribution in [2.45, 2.75) is 76.0 Å². The summed E-state index contributed by atoms with van der Waals surface area (Å²) in [4.78, 5) is 44.0. The number of carbonyl (C=O) groups excluding carboxylic acids is 3. The quantitative estimate of drug-likeness (QED) is 0.223. The maximum atomic E-state index is 13.1. The summed E-state index contributed by atoms with van der Waals surface area (Å²) in [5.41, 5.74) is 2.78. The normalized spacial score (nSPS) is 25.7. The number of piperidine rings is 3. The van der Waals surface area contributed by atoms with Crippen molar-refractivity contribution >= 4 is 51.9 Å². The van der Waals surface area contributed by atoms with Gasteiger partial charge in [0.15, 0.2) is 11.5 Å². The fraction of sp³-hybridized carbons (Fsp3) is 0.488. The number of fused-ring (bicyclic) bond motifs is 3. The highest BCUT2D eigenvalue weighted by atomic mass is 35.5. The Hall–Kier alpha value is -5.26. The van der Waals surface area contributed by atoms with Crippen molar-refractivity contribution in [1.82, 2.24) is 35.5 Å². The Morgan fingerprint density at radius 3 is 2.57 bits per heavy atom. The predicted octanol–water partition coefficient (Wildman–Crippen LogP) is 5.47. The van der Waals surface area contributed by atoms with Crippen LogP contribution in [-0.2, 0) is 4.79 Å². The molecule has 56 heavy (non-hydrogen) atoms. The average molecular weight is 777 g/mol. The molecule has 0 radical (unpaired) electrons. The summed E-state index contributed by atoms with van der Waals surface area (Å²) < 4.78 is 8.23. The van der Waals surface area contributed by atoms with E-state index >= 15 is 0 Å². The van der Waals surface area contributed by atoms with Gasteiger partial charge in [0.25, 0.3) is 5.91 Å². The molecule has 2 aliphatic carbocycles. The summed E-state index contributed by atoms with van der Waals surface area (Å²) in [6, 6.07) is 16.8. The molecule has 15 heteroatoms. The van der Waals surface area contributed by atoms with Crippen LogP contribution in [0.3, 0.4) is 0 Å². The van der Waals surface area contributed by atoms with E-state index < -0.39 is 0 Å². The fourth-order valence-electron chi connectivity index (χ4n) is 9.78. The first-order valence-electron chi connectivity index (χ1n) is 19.8. The number of hydrogen-bond acceptors (Lipinski definition) is 10. The summed E-state index contributed by atoms with van der Waals surface area (Å²) >= 11 is 6.16. The molecule has 6 aliphatic rings. The van der Waals surface area contributed by atoms with Gasteiger partial charge in [-0.1, -0.05) is 17.7 Å². The summed E-state index contributed by atoms with van der Waals surface area (Å²) in [5, 5.41) is 29.7. The van der Waals surface area contributed by atoms with Crippen molar-refractivity contribution < 1.29 is 19.1 Å². The predicted molar refractivity (Wildman–Crippen MR) is 210 cm³/mol. The summed E-state index contributed by atoms with van der Waals surface area (Å²) in [6.07, 6.45) is 9.84. The van der Waals surface area contributed by atoms with Crippen LogP contribution in [0.4, 0.5) is 16.3 Å². The third-order valence-corrected chi connectivity index (χ3v) is 12.8. The average Bonchev–Trinajstić information content (AvgIpc) is 3.64. The Morgan fingerprint density at radius 2 is 1.84 bits per heavy atom. The van der Waals surface area contributed by atoms with E-state index in [1.807, 2.05) is 24.4 Å². The van der Waals surface area contributed by atoms with Crippen LogP contribution in [0.1, 0.15) is 79.9 Å². The fourth-order valence-corrected chi connectivity index (χ4v) is 9.99. The Kier molecular flexibility index (Phi) is 9.75. The molecule has 4 saturated heterocycles. The molecule has 2 aromatic carbocycles. The lowest BCUT2D eigenvalue weighted by Gasteiger charge is -2.58. The first-order valence-corrected chi connectivity index (χ1v) is 20.2. The van der Waals surface area contributed by atoms with E-state index in [4.69, 9.17) is 26.7 Å². The Bertz CT molecular complexity index is 2180. The highest BCUT2D eigenvalue weighted by molar-refractivity contribution is 6.31. The molecule has 4 aromatic rings. The maximum Gasteiger partial charge on any atom is 0.328 e. The molecule has 2 N–H and O–H groups in total. The lowest BCUT2D eigenvalue weighted by atomic mass is 9.58. The molecule has 4 amide bonds. The number of ether oxygens (including phenoxy) is 1. The number of urea groups is 1. The molecule has 0 unspecified atom stereocenters. The molecular weight excluding hydrogens is 732 g/mol. The van der Waals surface area contributed by atoms with Gasteiger partial charge in [-0.15, -0.1) is 10.2 Å². The number of carbonyl (C=O) groups is 3. The standard InChI is InChI=1S/C41H45ClN10O4/c42-33-18-31(7-4-27(33)21-43)56-30-8-5-28(6-9-30)45-39(54)34-10-11-37(48-47-34)50-23-26-19-41(20-26,25-50)24-49-15-12-29(13-16-49)52-36-3-1-2-35(32(36)22-44-52)51-17-14-38(53)46-40(51)55/h1-4,7,10-11,18,22,26,28-30H,5-6,8-9,12-17,19-20,23-25H2,(H,45,54)(H,46,53,55). The van der Waals surface area contributed by atoms with Gasteiger partial charge in [-0.25, -0.2) is 4.79 Å². The van der Waals surface area contributed by atoms with E-state index in [0.717, 1.165) is 93.7 Å². The molecule has 0 atom stereocenters. The molecule has 290 valence electrons. The number of nitriles is 1. The topological polar surface area (TPSA) is 162 Å². The zero-order chi connectivity index (χ0) is 38.4. The Morgan fingerprint density at radius 1 is 1.02 bits per heavy atom. The summed E-state index contributed by atoms with van der Waals surface area (Å²) in [6.45, 7) is 5.32. The second kappa shape index (κ2) is 15.0. The summed E-state index contributed by atoms with van der Waals surface area (Å²) in [7, 11) is 0. The zero-order valence-corrected chi connectivity index (χ0v) is 32.0. The van der Waals surface area contributed by atoms with Gasteiger partial charge in [0.05, 0.1) is 40.1 Å². The van der Waals surface area contributed by atoms with Gasteiger partial charge in [-0.2, -0.15) is 10.4 Å². The minimum Gasteiger partial charge on any atom is -0.490 e. The van der Waals surface area contributed by atoms with E-state index in [2.05, 4.69) is 47.4 Å². The number of nitrogens with one attached hydrogen (secondary N) is 2. The van der Waals surface area contributed by atoms with Crippen molar-refractivity contribution in [3.05, 3.63) is 71.0 Å². The number of aromatic nitrogens is 4. The number of amides is 4. The lowest BCUT2D eigenvalue weighted by Crippen LogP contribution is -2.61. The number of benzene rings is 2.